The van der Waals surface area contributed by atoms with E-state index in [0.717, 1.165) is 10.6 Å². The SMILES string of the molecule is Cc1cnc(NN)nc1Sc1ncco1. The van der Waals surface area contributed by atoms with Gasteiger partial charge in [0.2, 0.25) is 5.95 Å². The Hall–Kier alpha value is -1.60. The zero-order chi connectivity index (χ0) is 10.7. The van der Waals surface area contributed by atoms with Crippen LogP contribution in [0.3, 0.4) is 0 Å². The molecule has 0 atom stereocenters. The molecule has 78 valence electrons. The van der Waals surface area contributed by atoms with Crippen molar-refractivity contribution < 1.29 is 4.42 Å². The molecule has 0 aliphatic rings. The van der Waals surface area contributed by atoms with E-state index in [4.69, 9.17) is 10.3 Å². The molecule has 6 nitrogen and oxygen atoms in total. The van der Waals surface area contributed by atoms with Crippen LogP contribution in [0.5, 0.6) is 0 Å². The largest absolute Gasteiger partial charge is 0.440 e. The van der Waals surface area contributed by atoms with Crippen molar-refractivity contribution in [1.29, 1.82) is 0 Å². The first-order valence-corrected chi connectivity index (χ1v) is 4.99. The molecule has 2 heterocycles. The minimum absolute atomic E-state index is 0.370. The molecule has 0 aromatic carbocycles. The molecule has 0 aliphatic carbocycles. The van der Waals surface area contributed by atoms with Gasteiger partial charge in [-0.1, -0.05) is 0 Å². The predicted octanol–water partition coefficient (Wildman–Crippen LogP) is 1.21. The van der Waals surface area contributed by atoms with Crippen LogP contribution in [0.1, 0.15) is 5.56 Å². The van der Waals surface area contributed by atoms with Gasteiger partial charge in [-0.05, 0) is 18.7 Å². The smallest absolute Gasteiger partial charge is 0.261 e. The van der Waals surface area contributed by atoms with Crippen LogP contribution >= 0.6 is 11.8 Å². The summed E-state index contributed by atoms with van der Waals surface area (Å²) in [6, 6.07) is 0. The van der Waals surface area contributed by atoms with Gasteiger partial charge >= 0.3 is 0 Å². The normalized spacial score (nSPS) is 10.3. The number of anilines is 1. The first kappa shape index (κ1) is 9.94. The summed E-state index contributed by atoms with van der Waals surface area (Å²) in [5.74, 6) is 5.59. The summed E-state index contributed by atoms with van der Waals surface area (Å²) < 4.78 is 5.11. The van der Waals surface area contributed by atoms with Gasteiger partial charge in [0.1, 0.15) is 11.3 Å². The monoisotopic (exact) mass is 223 g/mol. The minimum atomic E-state index is 0.370. The van der Waals surface area contributed by atoms with Crippen LogP contribution in [-0.4, -0.2) is 15.0 Å². The molecule has 0 radical (unpaired) electrons. The van der Waals surface area contributed by atoms with Crippen molar-refractivity contribution in [3.8, 4) is 0 Å². The highest BCUT2D eigenvalue weighted by Gasteiger charge is 2.07. The van der Waals surface area contributed by atoms with E-state index in [1.54, 1.807) is 12.4 Å². The summed E-state index contributed by atoms with van der Waals surface area (Å²) in [6.07, 6.45) is 4.79. The Bertz CT molecular complexity index is 444. The Kier molecular flexibility index (Phi) is 2.84. The molecule has 0 spiro atoms. The number of hydrazine groups is 1. The minimum Gasteiger partial charge on any atom is -0.440 e. The molecule has 0 aliphatic heterocycles. The van der Waals surface area contributed by atoms with Gasteiger partial charge in [0, 0.05) is 11.8 Å². The number of nitrogens with zero attached hydrogens (tertiary/aromatic N) is 3. The molecule has 15 heavy (non-hydrogen) atoms. The van der Waals surface area contributed by atoms with Crippen molar-refractivity contribution in [2.45, 2.75) is 17.2 Å². The lowest BCUT2D eigenvalue weighted by molar-refractivity contribution is 0.454. The molecule has 0 fully saturated rings. The Morgan fingerprint density at radius 1 is 1.47 bits per heavy atom. The maximum absolute atomic E-state index is 5.22. The van der Waals surface area contributed by atoms with E-state index in [2.05, 4.69) is 20.4 Å². The highest BCUT2D eigenvalue weighted by Crippen LogP contribution is 2.27. The van der Waals surface area contributed by atoms with E-state index in [-0.39, 0.29) is 0 Å². The number of nitrogens with two attached hydrogens (primary N) is 1. The molecule has 0 unspecified atom stereocenters. The zero-order valence-corrected chi connectivity index (χ0v) is 8.78. The van der Waals surface area contributed by atoms with E-state index < -0.39 is 0 Å². The zero-order valence-electron chi connectivity index (χ0n) is 7.97. The van der Waals surface area contributed by atoms with Gasteiger partial charge < -0.3 is 4.42 Å². The molecule has 2 rings (SSSR count). The molecule has 0 saturated heterocycles. The fraction of sp³-hybridized carbons (Fsp3) is 0.125. The Morgan fingerprint density at radius 2 is 2.33 bits per heavy atom. The first-order chi connectivity index (χ1) is 7.29. The van der Waals surface area contributed by atoms with Crippen LogP contribution in [0, 0.1) is 6.92 Å². The topological polar surface area (TPSA) is 89.9 Å². The van der Waals surface area contributed by atoms with Crippen LogP contribution in [0.4, 0.5) is 5.95 Å². The summed E-state index contributed by atoms with van der Waals surface area (Å²) in [6.45, 7) is 1.91. The fourth-order valence-corrected chi connectivity index (χ4v) is 1.67. The highest BCUT2D eigenvalue weighted by molar-refractivity contribution is 7.99. The standard InChI is InChI=1S/C8H9N5OS/c1-5-4-11-7(13-9)12-6(5)15-8-10-2-3-14-8/h2-4H,9H2,1H3,(H,11,12,13). The van der Waals surface area contributed by atoms with Crippen molar-refractivity contribution in [1.82, 2.24) is 15.0 Å². The van der Waals surface area contributed by atoms with Gasteiger partial charge in [-0.25, -0.2) is 20.8 Å². The Labute approximate surface area is 90.3 Å². The number of nitrogens with one attached hydrogen (secondary N) is 1. The average molecular weight is 223 g/mol. The van der Waals surface area contributed by atoms with E-state index >= 15 is 0 Å². The van der Waals surface area contributed by atoms with E-state index in [1.807, 2.05) is 6.92 Å². The third-order valence-corrected chi connectivity index (χ3v) is 2.63. The van der Waals surface area contributed by atoms with Gasteiger partial charge in [0.15, 0.2) is 0 Å². The van der Waals surface area contributed by atoms with Crippen LogP contribution in [0.15, 0.2) is 33.3 Å². The number of hydrogen-bond acceptors (Lipinski definition) is 7. The van der Waals surface area contributed by atoms with Gasteiger partial charge in [-0.3, -0.25) is 5.43 Å². The number of hydrogen-bond donors (Lipinski definition) is 2. The second kappa shape index (κ2) is 4.28. The second-order valence-electron chi connectivity index (χ2n) is 2.73. The van der Waals surface area contributed by atoms with Crippen molar-refractivity contribution in [2.75, 3.05) is 5.43 Å². The van der Waals surface area contributed by atoms with E-state index in [9.17, 15) is 0 Å². The molecule has 7 heteroatoms. The Balaban J connectivity index is 2.27. The van der Waals surface area contributed by atoms with Gasteiger partial charge in [0.05, 0.1) is 6.20 Å². The van der Waals surface area contributed by atoms with Gasteiger partial charge in [-0.15, -0.1) is 0 Å². The summed E-state index contributed by atoms with van der Waals surface area (Å²) in [5, 5.41) is 1.31. The molecule has 2 aromatic heterocycles. The van der Waals surface area contributed by atoms with Crippen LogP contribution in [0.2, 0.25) is 0 Å². The van der Waals surface area contributed by atoms with Gasteiger partial charge in [-0.2, -0.15) is 0 Å². The van der Waals surface area contributed by atoms with Crippen LogP contribution in [0.25, 0.3) is 0 Å². The maximum Gasteiger partial charge on any atom is 0.261 e. The lowest BCUT2D eigenvalue weighted by Crippen LogP contribution is -2.10. The number of oxazole rings is 1. The van der Waals surface area contributed by atoms with Crippen LogP contribution < -0.4 is 11.3 Å². The summed E-state index contributed by atoms with van der Waals surface area (Å²) in [5.41, 5.74) is 3.33. The lowest BCUT2D eigenvalue weighted by atomic mass is 10.4. The van der Waals surface area contributed by atoms with E-state index in [0.29, 0.717) is 11.2 Å². The van der Waals surface area contributed by atoms with Crippen molar-refractivity contribution >= 4 is 17.7 Å². The second-order valence-corrected chi connectivity index (χ2v) is 3.67. The summed E-state index contributed by atoms with van der Waals surface area (Å²) >= 11 is 1.33. The number of nitrogen functional groups attached to an aromatic ring is 1. The number of aryl methyl sites for hydroxylation is 1. The third kappa shape index (κ3) is 2.25. The van der Waals surface area contributed by atoms with Crippen molar-refractivity contribution in [3.63, 3.8) is 0 Å². The predicted molar refractivity (Wildman–Crippen MR) is 55.2 cm³/mol. The molecule has 0 saturated carbocycles. The van der Waals surface area contributed by atoms with Crippen molar-refractivity contribution in [3.05, 3.63) is 24.2 Å². The third-order valence-electron chi connectivity index (χ3n) is 1.65. The quantitative estimate of drug-likeness (QED) is 0.459. The summed E-state index contributed by atoms with van der Waals surface area (Å²) in [4.78, 5) is 12.1. The fourth-order valence-electron chi connectivity index (χ4n) is 0.943. The molecule has 2 aromatic rings. The Morgan fingerprint density at radius 3 is 3.00 bits per heavy atom. The van der Waals surface area contributed by atoms with E-state index in [1.165, 1.54) is 18.0 Å². The van der Waals surface area contributed by atoms with Crippen molar-refractivity contribution in [2.24, 2.45) is 5.84 Å². The lowest BCUT2D eigenvalue weighted by Gasteiger charge is -2.03. The average Bonchev–Trinajstić information content (AvgIpc) is 2.74. The summed E-state index contributed by atoms with van der Waals surface area (Å²) in [7, 11) is 0. The number of rotatable bonds is 3. The molecule has 3 N–H and O–H groups in total. The number of aromatic nitrogens is 3. The molecular weight excluding hydrogens is 214 g/mol. The molecule has 0 bridgehead atoms. The first-order valence-electron chi connectivity index (χ1n) is 4.17. The van der Waals surface area contributed by atoms with Crippen LogP contribution in [-0.2, 0) is 0 Å². The molecular formula is C8H9N5OS. The van der Waals surface area contributed by atoms with Gasteiger partial charge in [0.25, 0.3) is 5.22 Å². The molecule has 0 amide bonds. The maximum atomic E-state index is 5.22. The highest BCUT2D eigenvalue weighted by atomic mass is 32.2.